The molecule has 0 N–H and O–H groups in total. The maximum Gasteiger partial charge on any atom is 0.422 e. The van der Waals surface area contributed by atoms with Crippen LogP contribution in [0.3, 0.4) is 0 Å². The maximum absolute atomic E-state index is 13.1. The van der Waals surface area contributed by atoms with Crippen LogP contribution < -0.4 is 15.2 Å². The van der Waals surface area contributed by atoms with Crippen LogP contribution in [0.15, 0.2) is 58.5 Å². The van der Waals surface area contributed by atoms with E-state index in [9.17, 15) is 26.4 Å². The molecular weight excluding hydrogens is 525 g/mol. The Morgan fingerprint density at radius 3 is 2.42 bits per heavy atom. The molecule has 0 aliphatic carbocycles. The molecule has 4 aromatic rings. The largest absolute Gasteiger partial charge is 0.491 e. The number of sulfone groups is 1. The number of rotatable bonds is 8. The van der Waals surface area contributed by atoms with Crippen molar-refractivity contribution in [2.75, 3.05) is 12.4 Å². The van der Waals surface area contributed by atoms with Gasteiger partial charge in [0.25, 0.3) is 0 Å². The van der Waals surface area contributed by atoms with Crippen molar-refractivity contribution in [1.82, 2.24) is 19.2 Å². The summed E-state index contributed by atoms with van der Waals surface area (Å²) < 4.78 is 75.9. The van der Waals surface area contributed by atoms with Crippen molar-refractivity contribution in [3.8, 4) is 28.4 Å². The minimum absolute atomic E-state index is 0.0153. The van der Waals surface area contributed by atoms with E-state index in [1.165, 1.54) is 31.3 Å². The second-order valence-corrected chi connectivity index (χ2v) is 11.0. The van der Waals surface area contributed by atoms with E-state index in [1.54, 1.807) is 12.1 Å². The molecule has 202 valence electrons. The second-order valence-electron chi connectivity index (χ2n) is 8.78. The van der Waals surface area contributed by atoms with Crippen molar-refractivity contribution in [2.45, 2.75) is 44.9 Å². The first-order valence-electron chi connectivity index (χ1n) is 11.6. The molecule has 9 nitrogen and oxygen atoms in total. The zero-order valence-electron chi connectivity index (χ0n) is 21.0. The fourth-order valence-electron chi connectivity index (χ4n) is 3.78. The lowest BCUT2D eigenvalue weighted by molar-refractivity contribution is -0.153. The van der Waals surface area contributed by atoms with Crippen molar-refractivity contribution in [3.05, 3.63) is 64.8 Å². The zero-order chi connectivity index (χ0) is 27.8. The zero-order valence-corrected chi connectivity index (χ0v) is 21.8. The summed E-state index contributed by atoms with van der Waals surface area (Å²) in [5, 5.41) is 4.15. The van der Waals surface area contributed by atoms with Crippen LogP contribution in [0, 0.1) is 6.92 Å². The standard InChI is InChI=1S/C25H25F3N4O5S/c1-5-38(34,35)21-11-17(20-8-6-18(10-16(20)4)37-15(2)3)12-29-23(21)32-24(33)31-13-19(7-9-22(31)30-32)36-14-25(26,27)28/h6-13,15H,5,14H2,1-4H3. The molecule has 3 heterocycles. The van der Waals surface area contributed by atoms with E-state index in [2.05, 4.69) is 10.1 Å². The molecule has 0 amide bonds. The highest BCUT2D eigenvalue weighted by atomic mass is 32.2. The fourth-order valence-corrected chi connectivity index (χ4v) is 4.81. The van der Waals surface area contributed by atoms with Gasteiger partial charge in [0.05, 0.1) is 18.1 Å². The molecule has 0 saturated heterocycles. The first-order chi connectivity index (χ1) is 17.8. The van der Waals surface area contributed by atoms with Crippen LogP contribution in [-0.4, -0.2) is 52.2 Å². The van der Waals surface area contributed by atoms with Gasteiger partial charge >= 0.3 is 11.9 Å². The van der Waals surface area contributed by atoms with E-state index >= 15 is 0 Å². The summed E-state index contributed by atoms with van der Waals surface area (Å²) in [5.41, 5.74) is 1.30. The molecule has 4 rings (SSSR count). The minimum atomic E-state index is -4.56. The van der Waals surface area contributed by atoms with Crippen molar-refractivity contribution >= 4 is 15.5 Å². The summed E-state index contributed by atoms with van der Waals surface area (Å²) in [6.45, 7) is 5.60. The van der Waals surface area contributed by atoms with Crippen LogP contribution >= 0.6 is 0 Å². The van der Waals surface area contributed by atoms with Crippen molar-refractivity contribution in [3.63, 3.8) is 0 Å². The first kappa shape index (κ1) is 27.2. The quantitative estimate of drug-likeness (QED) is 0.321. The molecule has 3 aromatic heterocycles. The Labute approximate surface area is 216 Å². The molecule has 0 aliphatic heterocycles. The number of benzene rings is 1. The minimum Gasteiger partial charge on any atom is -0.491 e. The first-order valence-corrected chi connectivity index (χ1v) is 13.3. The second kappa shape index (κ2) is 10.1. The lowest BCUT2D eigenvalue weighted by Crippen LogP contribution is -2.23. The number of aromatic nitrogens is 4. The monoisotopic (exact) mass is 550 g/mol. The highest BCUT2D eigenvalue weighted by molar-refractivity contribution is 7.91. The van der Waals surface area contributed by atoms with E-state index in [1.807, 2.05) is 26.8 Å². The van der Waals surface area contributed by atoms with E-state index in [4.69, 9.17) is 9.47 Å². The van der Waals surface area contributed by atoms with Gasteiger partial charge in [0.1, 0.15) is 16.4 Å². The summed E-state index contributed by atoms with van der Waals surface area (Å²) in [5.74, 6) is -0.0221. The van der Waals surface area contributed by atoms with Crippen LogP contribution in [0.4, 0.5) is 13.2 Å². The Morgan fingerprint density at radius 2 is 1.79 bits per heavy atom. The number of alkyl halides is 3. The van der Waals surface area contributed by atoms with Gasteiger partial charge in [0.2, 0.25) is 0 Å². The Kier molecular flexibility index (Phi) is 7.24. The number of fused-ring (bicyclic) bond motifs is 1. The van der Waals surface area contributed by atoms with E-state index in [0.29, 0.717) is 11.3 Å². The molecule has 0 saturated carbocycles. The average Bonchev–Trinajstić information content (AvgIpc) is 3.17. The van der Waals surface area contributed by atoms with Crippen LogP contribution in [0.1, 0.15) is 26.3 Å². The average molecular weight is 551 g/mol. The van der Waals surface area contributed by atoms with Gasteiger partial charge in [-0.2, -0.15) is 17.9 Å². The van der Waals surface area contributed by atoms with Gasteiger partial charge in [0, 0.05) is 11.8 Å². The summed E-state index contributed by atoms with van der Waals surface area (Å²) in [7, 11) is -3.88. The molecule has 13 heteroatoms. The number of halogens is 3. The Morgan fingerprint density at radius 1 is 1.08 bits per heavy atom. The summed E-state index contributed by atoms with van der Waals surface area (Å²) in [6, 6.07) is 9.35. The van der Waals surface area contributed by atoms with Crippen LogP contribution in [0.2, 0.25) is 0 Å². The molecule has 0 unspecified atom stereocenters. The Balaban J connectivity index is 1.82. The SMILES string of the molecule is CCS(=O)(=O)c1cc(-c2ccc(OC(C)C)cc2C)cnc1-n1nc2ccc(OCC(F)(F)F)cn2c1=O. The van der Waals surface area contributed by atoms with Crippen LogP contribution in [0.5, 0.6) is 11.5 Å². The molecule has 0 fully saturated rings. The predicted molar refractivity (Wildman–Crippen MR) is 134 cm³/mol. The van der Waals surface area contributed by atoms with Crippen molar-refractivity contribution in [2.24, 2.45) is 0 Å². The number of ether oxygens (including phenoxy) is 2. The molecular formula is C25H25F3N4O5S. The van der Waals surface area contributed by atoms with Crippen LogP contribution in [0.25, 0.3) is 22.6 Å². The number of aryl methyl sites for hydroxylation is 1. The molecule has 0 spiro atoms. The number of hydrogen-bond acceptors (Lipinski definition) is 7. The molecule has 0 radical (unpaired) electrons. The van der Waals surface area contributed by atoms with Gasteiger partial charge in [0.15, 0.2) is 27.9 Å². The molecule has 1 aromatic carbocycles. The highest BCUT2D eigenvalue weighted by Crippen LogP contribution is 2.30. The van der Waals surface area contributed by atoms with E-state index < -0.39 is 28.3 Å². The lowest BCUT2D eigenvalue weighted by atomic mass is 10.0. The summed E-state index contributed by atoms with van der Waals surface area (Å²) in [6.07, 6.45) is -2.08. The molecule has 38 heavy (non-hydrogen) atoms. The summed E-state index contributed by atoms with van der Waals surface area (Å²) in [4.78, 5) is 17.2. The topological polar surface area (TPSA) is 105 Å². The van der Waals surface area contributed by atoms with Crippen molar-refractivity contribution in [1.29, 1.82) is 0 Å². The smallest absolute Gasteiger partial charge is 0.422 e. The Hall–Kier alpha value is -3.87. The highest BCUT2D eigenvalue weighted by Gasteiger charge is 2.29. The predicted octanol–water partition coefficient (Wildman–Crippen LogP) is 4.38. The molecule has 0 bridgehead atoms. The third-order valence-corrected chi connectivity index (χ3v) is 7.25. The van der Waals surface area contributed by atoms with Crippen LogP contribution in [-0.2, 0) is 9.84 Å². The number of pyridine rings is 2. The van der Waals surface area contributed by atoms with Gasteiger partial charge in [-0.15, -0.1) is 5.10 Å². The maximum atomic E-state index is 13.1. The normalized spacial score (nSPS) is 12.3. The van der Waals surface area contributed by atoms with Crippen molar-refractivity contribution < 1.29 is 31.1 Å². The molecule has 0 atom stereocenters. The number of hydrogen-bond donors (Lipinski definition) is 0. The third-order valence-electron chi connectivity index (χ3n) is 5.52. The summed E-state index contributed by atoms with van der Waals surface area (Å²) >= 11 is 0. The van der Waals surface area contributed by atoms with Gasteiger partial charge < -0.3 is 9.47 Å². The van der Waals surface area contributed by atoms with Gasteiger partial charge in [-0.3, -0.25) is 0 Å². The third kappa shape index (κ3) is 5.67. The van der Waals surface area contributed by atoms with E-state index in [-0.39, 0.29) is 34.0 Å². The fraction of sp³-hybridized carbons (Fsp3) is 0.320. The van der Waals surface area contributed by atoms with Gasteiger partial charge in [-0.1, -0.05) is 13.0 Å². The van der Waals surface area contributed by atoms with E-state index in [0.717, 1.165) is 26.4 Å². The lowest BCUT2D eigenvalue weighted by Gasteiger charge is -2.14. The van der Waals surface area contributed by atoms with Gasteiger partial charge in [-0.05, 0) is 62.2 Å². The van der Waals surface area contributed by atoms with Gasteiger partial charge in [-0.25, -0.2) is 22.6 Å². The molecule has 0 aliphatic rings. The Bertz CT molecular complexity index is 1660. The number of nitrogens with zero attached hydrogens (tertiary/aromatic N) is 4.